The summed E-state index contributed by atoms with van der Waals surface area (Å²) >= 11 is 0. The molecule has 2 heteroatoms. The van der Waals surface area contributed by atoms with Gasteiger partial charge in [-0.1, -0.05) is 65.7 Å². The molecule has 104 valence electrons. The highest BCUT2D eigenvalue weighted by Gasteiger charge is 2.06. The van der Waals surface area contributed by atoms with Crippen LogP contribution in [-0.4, -0.2) is 24.3 Å². The van der Waals surface area contributed by atoms with Crippen LogP contribution in [0.5, 0.6) is 0 Å². The molecule has 2 N–H and O–H groups in total. The molecule has 1 unspecified atom stereocenters. The van der Waals surface area contributed by atoms with E-state index in [1.807, 2.05) is 0 Å². The molecule has 0 rings (SSSR count). The molecule has 1 atom stereocenters. The minimum Gasteiger partial charge on any atom is -0.395 e. The molecule has 0 aromatic heterocycles. The highest BCUT2D eigenvalue weighted by molar-refractivity contribution is 4.66. The normalized spacial score (nSPS) is 13.2. The van der Waals surface area contributed by atoms with Crippen molar-refractivity contribution in [2.24, 2.45) is 5.92 Å². The van der Waals surface area contributed by atoms with Gasteiger partial charge in [0.05, 0.1) is 6.61 Å². The number of aliphatic hydroxyl groups is 1. The van der Waals surface area contributed by atoms with Crippen LogP contribution in [-0.2, 0) is 0 Å². The number of unbranched alkanes of at least 4 members (excludes halogenated alkanes) is 6. The van der Waals surface area contributed by atoms with Gasteiger partial charge in [0.15, 0.2) is 0 Å². The Hall–Kier alpha value is -0.0800. The van der Waals surface area contributed by atoms with Gasteiger partial charge < -0.3 is 10.4 Å². The zero-order chi connectivity index (χ0) is 12.9. The molecule has 0 heterocycles. The molecule has 17 heavy (non-hydrogen) atoms. The van der Waals surface area contributed by atoms with Crippen LogP contribution in [0.4, 0.5) is 0 Å². The summed E-state index contributed by atoms with van der Waals surface area (Å²) in [6.07, 6.45) is 10.6. The third-order valence-corrected chi connectivity index (χ3v) is 3.19. The van der Waals surface area contributed by atoms with Gasteiger partial charge in [-0.25, -0.2) is 0 Å². The van der Waals surface area contributed by atoms with Gasteiger partial charge in [-0.05, 0) is 18.9 Å². The van der Waals surface area contributed by atoms with E-state index in [4.69, 9.17) is 0 Å². The fraction of sp³-hybridized carbons (Fsp3) is 1.00. The van der Waals surface area contributed by atoms with Gasteiger partial charge in [0.25, 0.3) is 0 Å². The van der Waals surface area contributed by atoms with Gasteiger partial charge in [-0.2, -0.15) is 0 Å². The molecule has 0 saturated carbocycles. The van der Waals surface area contributed by atoms with Crippen molar-refractivity contribution in [3.8, 4) is 0 Å². The van der Waals surface area contributed by atoms with E-state index in [0.717, 1.165) is 13.0 Å². The summed E-state index contributed by atoms with van der Waals surface area (Å²) in [5, 5.41) is 12.7. The third-order valence-electron chi connectivity index (χ3n) is 3.19. The molecule has 0 fully saturated rings. The van der Waals surface area contributed by atoms with Gasteiger partial charge in [0.1, 0.15) is 0 Å². The predicted octanol–water partition coefficient (Wildman–Crippen LogP) is 3.73. The standard InChI is InChI=1S/C15H33NO/c1-4-5-6-7-8-9-10-11-15(13-17)16-12-14(2)3/h14-17H,4-13H2,1-3H3. The van der Waals surface area contributed by atoms with E-state index >= 15 is 0 Å². The van der Waals surface area contributed by atoms with Crippen LogP contribution >= 0.6 is 0 Å². The van der Waals surface area contributed by atoms with Gasteiger partial charge in [0.2, 0.25) is 0 Å². The minimum absolute atomic E-state index is 0.280. The van der Waals surface area contributed by atoms with E-state index in [1.165, 1.54) is 44.9 Å². The lowest BCUT2D eigenvalue weighted by atomic mass is 10.0. The van der Waals surface area contributed by atoms with Crippen molar-refractivity contribution in [1.82, 2.24) is 5.32 Å². The predicted molar refractivity (Wildman–Crippen MR) is 76.3 cm³/mol. The molecule has 0 saturated heterocycles. The molecule has 0 radical (unpaired) electrons. The van der Waals surface area contributed by atoms with E-state index in [0.29, 0.717) is 12.0 Å². The van der Waals surface area contributed by atoms with Crippen molar-refractivity contribution < 1.29 is 5.11 Å². The number of hydrogen-bond donors (Lipinski definition) is 2. The topological polar surface area (TPSA) is 32.3 Å². The van der Waals surface area contributed by atoms with Crippen LogP contribution in [0.15, 0.2) is 0 Å². The molecule has 0 aromatic carbocycles. The zero-order valence-electron chi connectivity index (χ0n) is 12.2. The minimum atomic E-state index is 0.280. The molecule has 0 aliphatic heterocycles. The Labute approximate surface area is 108 Å². The van der Waals surface area contributed by atoms with Crippen LogP contribution in [0.1, 0.15) is 72.1 Å². The lowest BCUT2D eigenvalue weighted by Gasteiger charge is -2.17. The maximum atomic E-state index is 9.25. The smallest absolute Gasteiger partial charge is 0.0584 e. The highest BCUT2D eigenvalue weighted by atomic mass is 16.3. The van der Waals surface area contributed by atoms with E-state index in [-0.39, 0.29) is 6.61 Å². The Morgan fingerprint density at radius 3 is 2.06 bits per heavy atom. The highest BCUT2D eigenvalue weighted by Crippen LogP contribution is 2.09. The van der Waals surface area contributed by atoms with Gasteiger partial charge in [-0.15, -0.1) is 0 Å². The van der Waals surface area contributed by atoms with Crippen LogP contribution in [0, 0.1) is 5.92 Å². The Morgan fingerprint density at radius 1 is 0.941 bits per heavy atom. The summed E-state index contributed by atoms with van der Waals surface area (Å²) in [5.41, 5.74) is 0. The Bertz CT molecular complexity index is 148. The molecule has 2 nitrogen and oxygen atoms in total. The van der Waals surface area contributed by atoms with Crippen molar-refractivity contribution in [2.75, 3.05) is 13.2 Å². The van der Waals surface area contributed by atoms with Crippen molar-refractivity contribution in [3.05, 3.63) is 0 Å². The second kappa shape index (κ2) is 12.4. The third kappa shape index (κ3) is 12.2. The molecule has 0 aliphatic carbocycles. The number of rotatable bonds is 12. The van der Waals surface area contributed by atoms with Gasteiger partial charge >= 0.3 is 0 Å². The molecule has 0 aliphatic rings. The monoisotopic (exact) mass is 243 g/mol. The Kier molecular flexibility index (Phi) is 12.3. The van der Waals surface area contributed by atoms with Crippen LogP contribution in [0.2, 0.25) is 0 Å². The van der Waals surface area contributed by atoms with E-state index in [2.05, 4.69) is 26.1 Å². The number of aliphatic hydroxyl groups excluding tert-OH is 1. The average molecular weight is 243 g/mol. The fourth-order valence-electron chi connectivity index (χ4n) is 2.01. The molecule has 0 amide bonds. The first-order chi connectivity index (χ1) is 8.20. The summed E-state index contributed by atoms with van der Waals surface area (Å²) in [7, 11) is 0. The van der Waals surface area contributed by atoms with E-state index < -0.39 is 0 Å². The summed E-state index contributed by atoms with van der Waals surface area (Å²) in [4.78, 5) is 0. The summed E-state index contributed by atoms with van der Waals surface area (Å²) in [6.45, 7) is 7.96. The summed E-state index contributed by atoms with van der Waals surface area (Å²) in [5.74, 6) is 0.665. The lowest BCUT2D eigenvalue weighted by molar-refractivity contribution is 0.229. The Morgan fingerprint density at radius 2 is 1.53 bits per heavy atom. The largest absolute Gasteiger partial charge is 0.395 e. The maximum Gasteiger partial charge on any atom is 0.0584 e. The molecule has 0 aromatic rings. The number of hydrogen-bond acceptors (Lipinski definition) is 2. The molecular formula is C15H33NO. The van der Waals surface area contributed by atoms with Crippen LogP contribution in [0.25, 0.3) is 0 Å². The van der Waals surface area contributed by atoms with E-state index in [1.54, 1.807) is 0 Å². The van der Waals surface area contributed by atoms with Crippen LogP contribution < -0.4 is 5.32 Å². The quantitative estimate of drug-likeness (QED) is 0.512. The van der Waals surface area contributed by atoms with Gasteiger partial charge in [-0.3, -0.25) is 0 Å². The first kappa shape index (κ1) is 16.9. The average Bonchev–Trinajstić information content (AvgIpc) is 2.31. The van der Waals surface area contributed by atoms with Gasteiger partial charge in [0, 0.05) is 6.04 Å². The lowest BCUT2D eigenvalue weighted by Crippen LogP contribution is -2.34. The first-order valence-corrected chi connectivity index (χ1v) is 7.55. The van der Waals surface area contributed by atoms with Crippen molar-refractivity contribution in [1.29, 1.82) is 0 Å². The SMILES string of the molecule is CCCCCCCCCC(CO)NCC(C)C. The molecule has 0 spiro atoms. The fourth-order valence-corrected chi connectivity index (χ4v) is 2.01. The van der Waals surface area contributed by atoms with Crippen molar-refractivity contribution in [2.45, 2.75) is 78.2 Å². The van der Waals surface area contributed by atoms with E-state index in [9.17, 15) is 5.11 Å². The molecule has 0 bridgehead atoms. The maximum absolute atomic E-state index is 9.25. The van der Waals surface area contributed by atoms with Crippen molar-refractivity contribution >= 4 is 0 Å². The molecular weight excluding hydrogens is 210 g/mol. The second-order valence-electron chi connectivity index (χ2n) is 5.59. The summed E-state index contributed by atoms with van der Waals surface area (Å²) < 4.78 is 0. The summed E-state index contributed by atoms with van der Waals surface area (Å²) in [6, 6.07) is 0.313. The number of nitrogens with one attached hydrogen (secondary N) is 1. The Balaban J connectivity index is 3.31. The second-order valence-corrected chi connectivity index (χ2v) is 5.59. The zero-order valence-corrected chi connectivity index (χ0v) is 12.2. The van der Waals surface area contributed by atoms with Crippen LogP contribution in [0.3, 0.4) is 0 Å². The van der Waals surface area contributed by atoms with Crippen molar-refractivity contribution in [3.63, 3.8) is 0 Å². The first-order valence-electron chi connectivity index (χ1n) is 7.55.